The maximum absolute atomic E-state index is 16.7. The summed E-state index contributed by atoms with van der Waals surface area (Å²) in [6.45, 7) is -3.49. The Kier molecular flexibility index (Phi) is 9.92. The van der Waals surface area contributed by atoms with Crippen LogP contribution < -0.4 is 31.8 Å². The SMILES string of the molecule is Fc1cccc(P(c2cccc(F)c2)(c2cccc(F)c2)(C(P)(c2ccccc2)c2ccccc2)[P+](c2ccccc2)(c2ccccc2)c2ccccc2)c1. The quantitative estimate of drug-likeness (QED) is 0.121. The molecular weight excluding hydrogens is 738 g/mol. The van der Waals surface area contributed by atoms with Crippen LogP contribution in [0.1, 0.15) is 11.1 Å². The van der Waals surface area contributed by atoms with Crippen molar-refractivity contribution in [1.82, 2.24) is 0 Å². The summed E-state index contributed by atoms with van der Waals surface area (Å²) in [7, 11) is 3.34. The molecule has 0 saturated carbocycles. The Morgan fingerprint density at radius 3 is 0.891 bits per heavy atom. The van der Waals surface area contributed by atoms with Crippen LogP contribution in [0.3, 0.4) is 0 Å². The molecule has 55 heavy (non-hydrogen) atoms. The fourth-order valence-corrected chi connectivity index (χ4v) is 35.4. The van der Waals surface area contributed by atoms with Crippen molar-refractivity contribution in [3.05, 3.63) is 253 Å². The second-order valence-electron chi connectivity index (χ2n) is 13.7. The molecular formula is C49H39F3P3+. The van der Waals surface area contributed by atoms with Crippen molar-refractivity contribution in [2.45, 2.75) is 4.90 Å². The third-order valence-corrected chi connectivity index (χ3v) is 32.7. The first-order valence-corrected chi connectivity index (χ1v) is 23.4. The van der Waals surface area contributed by atoms with Crippen molar-refractivity contribution < 1.29 is 13.2 Å². The first-order valence-electron chi connectivity index (χ1n) is 18.1. The van der Waals surface area contributed by atoms with E-state index in [-0.39, 0.29) is 0 Å². The van der Waals surface area contributed by atoms with E-state index >= 15 is 13.2 Å². The van der Waals surface area contributed by atoms with E-state index in [1.165, 1.54) is 18.2 Å². The van der Waals surface area contributed by atoms with Crippen molar-refractivity contribution in [2.75, 3.05) is 0 Å². The van der Waals surface area contributed by atoms with Gasteiger partial charge in [-0.1, -0.05) is 0 Å². The number of benzene rings is 8. The molecule has 8 aromatic rings. The van der Waals surface area contributed by atoms with Gasteiger partial charge in [0.25, 0.3) is 0 Å². The van der Waals surface area contributed by atoms with Gasteiger partial charge in [0, 0.05) is 0 Å². The van der Waals surface area contributed by atoms with E-state index in [9.17, 15) is 0 Å². The van der Waals surface area contributed by atoms with Crippen LogP contribution in [0.2, 0.25) is 0 Å². The van der Waals surface area contributed by atoms with Gasteiger partial charge in [0.1, 0.15) is 0 Å². The Hall–Kier alpha value is -5.16. The molecule has 0 nitrogen and oxygen atoms in total. The summed E-state index contributed by atoms with van der Waals surface area (Å²) in [5, 5.41) is 4.95. The van der Waals surface area contributed by atoms with Crippen molar-refractivity contribution in [3.63, 3.8) is 0 Å². The standard InChI is InChI=1S/C49H39F3P3/c50-40-23-16-32-46(35-40)55(47-33-17-24-41(51)36-47,48-34-18-25-42(52)37-48,49(53,38-19-6-1-7-20-38)39-21-8-2-9-22-39)54(43-26-10-3-11-27-43,44-28-12-4-13-29-44)45-30-14-5-15-31-45/h1-37H,53H2/q+1. The zero-order valence-corrected chi connectivity index (χ0v) is 32.9. The molecule has 0 amide bonds. The van der Waals surface area contributed by atoms with E-state index in [0.29, 0.717) is 15.9 Å². The van der Waals surface area contributed by atoms with E-state index in [2.05, 4.69) is 69.9 Å². The summed E-state index contributed by atoms with van der Waals surface area (Å²) >= 11 is 0. The number of rotatable bonds is 10. The predicted octanol–water partition coefficient (Wildman–Crippen LogP) is 10.6. The second kappa shape index (κ2) is 14.8. The molecule has 8 rings (SSSR count). The zero-order valence-electron chi connectivity index (χ0n) is 30.0. The predicted molar refractivity (Wildman–Crippen MR) is 234 cm³/mol. The van der Waals surface area contributed by atoms with Gasteiger partial charge in [0.05, 0.1) is 0 Å². The normalized spacial score (nSPS) is 12.8. The summed E-state index contributed by atoms with van der Waals surface area (Å²) in [5.41, 5.74) is 1.79. The minimum atomic E-state index is -5.04. The van der Waals surface area contributed by atoms with E-state index in [4.69, 9.17) is 0 Å². The Bertz CT molecular complexity index is 2300. The summed E-state index contributed by atoms with van der Waals surface area (Å²) in [5.74, 6) is -1.33. The fourth-order valence-electron chi connectivity index (χ4n) is 9.18. The van der Waals surface area contributed by atoms with E-state index in [1.54, 1.807) is 36.4 Å². The molecule has 6 heteroatoms. The van der Waals surface area contributed by atoms with E-state index in [1.807, 2.05) is 109 Å². The molecule has 270 valence electrons. The Morgan fingerprint density at radius 1 is 0.345 bits per heavy atom. The van der Waals surface area contributed by atoms with Crippen LogP contribution in [-0.2, 0) is 4.90 Å². The minimum absolute atomic E-state index is 0.444. The average molecular weight is 778 g/mol. The summed E-state index contributed by atoms with van der Waals surface area (Å²) < 4.78 is 50.2. The topological polar surface area (TPSA) is 0 Å². The molecule has 0 aromatic heterocycles. The Balaban J connectivity index is 1.90. The van der Waals surface area contributed by atoms with Crippen LogP contribution >= 0.6 is 22.5 Å². The fraction of sp³-hybridized carbons (Fsp3) is 0.0204. The van der Waals surface area contributed by atoms with Gasteiger partial charge >= 0.3 is 325 Å². The molecule has 1 atom stereocenters. The third-order valence-electron chi connectivity index (χ3n) is 11.0. The van der Waals surface area contributed by atoms with Crippen LogP contribution in [0, 0.1) is 17.5 Å². The van der Waals surface area contributed by atoms with Gasteiger partial charge < -0.3 is 0 Å². The van der Waals surface area contributed by atoms with E-state index in [0.717, 1.165) is 27.0 Å². The first kappa shape index (κ1) is 36.8. The van der Waals surface area contributed by atoms with Gasteiger partial charge in [-0.15, -0.1) is 0 Å². The van der Waals surface area contributed by atoms with Crippen molar-refractivity contribution in [2.24, 2.45) is 0 Å². The molecule has 0 bridgehead atoms. The molecule has 0 aliphatic rings. The van der Waals surface area contributed by atoms with Crippen molar-refractivity contribution >= 4 is 54.3 Å². The number of hydrogen-bond donors (Lipinski definition) is 0. The van der Waals surface area contributed by atoms with Crippen LogP contribution in [0.5, 0.6) is 0 Å². The second-order valence-corrected chi connectivity index (χ2v) is 26.4. The molecule has 0 aliphatic heterocycles. The zero-order chi connectivity index (χ0) is 38.0. The van der Waals surface area contributed by atoms with Gasteiger partial charge in [0.15, 0.2) is 0 Å². The van der Waals surface area contributed by atoms with Crippen LogP contribution in [0.25, 0.3) is 0 Å². The van der Waals surface area contributed by atoms with Gasteiger partial charge in [-0.05, 0) is 0 Å². The van der Waals surface area contributed by atoms with Crippen molar-refractivity contribution in [1.29, 1.82) is 0 Å². The summed E-state index contributed by atoms with van der Waals surface area (Å²) in [6, 6.07) is 72.2. The monoisotopic (exact) mass is 777 g/mol. The first-order chi connectivity index (χ1) is 26.9. The van der Waals surface area contributed by atoms with Gasteiger partial charge in [-0.2, -0.15) is 0 Å². The molecule has 1 unspecified atom stereocenters. The van der Waals surface area contributed by atoms with Crippen LogP contribution in [0.4, 0.5) is 13.2 Å². The molecule has 0 fully saturated rings. The Morgan fingerprint density at radius 2 is 0.618 bits per heavy atom. The molecule has 8 aromatic carbocycles. The van der Waals surface area contributed by atoms with Crippen molar-refractivity contribution in [3.8, 4) is 0 Å². The van der Waals surface area contributed by atoms with Gasteiger partial charge in [0.2, 0.25) is 0 Å². The summed E-state index contributed by atoms with van der Waals surface area (Å²) in [6.07, 6.45) is -5.04. The molecule has 0 aliphatic carbocycles. The third kappa shape index (κ3) is 5.25. The van der Waals surface area contributed by atoms with E-state index < -0.39 is 35.6 Å². The Labute approximate surface area is 324 Å². The molecule has 0 spiro atoms. The molecule has 0 radical (unpaired) electrons. The van der Waals surface area contributed by atoms with Crippen LogP contribution in [0.15, 0.2) is 224 Å². The summed E-state index contributed by atoms with van der Waals surface area (Å²) in [4.78, 5) is -1.22. The van der Waals surface area contributed by atoms with Gasteiger partial charge in [-0.25, -0.2) is 0 Å². The molecule has 0 saturated heterocycles. The molecule has 0 N–H and O–H groups in total. The number of halogens is 3. The van der Waals surface area contributed by atoms with Gasteiger partial charge in [-0.3, -0.25) is 0 Å². The molecule has 0 heterocycles. The number of hydrogen-bond acceptors (Lipinski definition) is 0. The maximum atomic E-state index is 16.7. The van der Waals surface area contributed by atoms with Crippen LogP contribution in [-0.4, -0.2) is 0 Å². The average Bonchev–Trinajstić information content (AvgIpc) is 3.24.